The molecule has 0 spiro atoms. The van der Waals surface area contributed by atoms with E-state index in [-0.39, 0.29) is 0 Å². The number of aliphatic hydroxyl groups excluding tert-OH is 1. The van der Waals surface area contributed by atoms with Crippen molar-refractivity contribution in [3.8, 4) is 11.4 Å². The Balaban J connectivity index is 1.90. The number of hydrogen-bond donors (Lipinski definition) is 1. The molecule has 3 aromatic rings. The van der Waals surface area contributed by atoms with Gasteiger partial charge in [-0.2, -0.15) is 0 Å². The van der Waals surface area contributed by atoms with Crippen LogP contribution in [-0.2, 0) is 0 Å². The molecule has 1 atom stereocenters. The molecule has 0 bridgehead atoms. The summed E-state index contributed by atoms with van der Waals surface area (Å²) < 4.78 is 0. The number of aromatic nitrogens is 2. The molecule has 0 aliphatic carbocycles. The predicted molar refractivity (Wildman–Crippen MR) is 88.0 cm³/mol. The van der Waals surface area contributed by atoms with Crippen molar-refractivity contribution in [3.63, 3.8) is 0 Å². The first kappa shape index (κ1) is 15.0. The maximum absolute atomic E-state index is 10.3. The van der Waals surface area contributed by atoms with Gasteiger partial charge in [0, 0.05) is 28.5 Å². The zero-order valence-corrected chi connectivity index (χ0v) is 13.0. The number of aliphatic hydroxyl groups is 1. The fourth-order valence-corrected chi connectivity index (χ4v) is 2.61. The molecule has 0 fully saturated rings. The summed E-state index contributed by atoms with van der Waals surface area (Å²) in [5, 5.41) is 11.4. The van der Waals surface area contributed by atoms with Crippen LogP contribution in [0.1, 0.15) is 17.2 Å². The minimum atomic E-state index is -0.754. The second-order valence-electron chi connectivity index (χ2n) is 4.78. The van der Waals surface area contributed by atoms with Crippen molar-refractivity contribution in [3.05, 3.63) is 82.1 Å². The topological polar surface area (TPSA) is 46.0 Å². The Kier molecular flexibility index (Phi) is 4.39. The molecule has 0 saturated heterocycles. The van der Waals surface area contributed by atoms with Crippen LogP contribution in [0.2, 0.25) is 10.0 Å². The van der Waals surface area contributed by atoms with E-state index >= 15 is 0 Å². The van der Waals surface area contributed by atoms with E-state index in [0.717, 1.165) is 5.56 Å². The largest absolute Gasteiger partial charge is 0.384 e. The van der Waals surface area contributed by atoms with Crippen LogP contribution >= 0.6 is 23.2 Å². The van der Waals surface area contributed by atoms with Gasteiger partial charge in [0.2, 0.25) is 0 Å². The van der Waals surface area contributed by atoms with Gasteiger partial charge in [-0.25, -0.2) is 9.97 Å². The van der Waals surface area contributed by atoms with Gasteiger partial charge in [0.25, 0.3) is 0 Å². The molecular weight excluding hydrogens is 319 g/mol. The summed E-state index contributed by atoms with van der Waals surface area (Å²) in [4.78, 5) is 8.57. The van der Waals surface area contributed by atoms with Gasteiger partial charge in [-0.15, -0.1) is 0 Å². The molecule has 1 aromatic heterocycles. The van der Waals surface area contributed by atoms with Crippen molar-refractivity contribution in [2.24, 2.45) is 0 Å². The molecule has 1 N–H and O–H groups in total. The maximum Gasteiger partial charge on any atom is 0.160 e. The van der Waals surface area contributed by atoms with E-state index in [0.29, 0.717) is 27.0 Å². The molecule has 2 aromatic carbocycles. The minimum Gasteiger partial charge on any atom is -0.384 e. The van der Waals surface area contributed by atoms with Crippen molar-refractivity contribution in [1.82, 2.24) is 9.97 Å². The standard InChI is InChI=1S/C17H12Cl2N2O/c18-13-6-7-14(15(19)8-13)17-20-9-12(10-21-17)16(22)11-4-2-1-3-5-11/h1-10,16,22H. The summed E-state index contributed by atoms with van der Waals surface area (Å²) in [5.74, 6) is 0.491. The third-order valence-electron chi connectivity index (χ3n) is 3.27. The molecular formula is C17H12Cl2N2O. The predicted octanol–water partition coefficient (Wildman–Crippen LogP) is 4.53. The molecule has 22 heavy (non-hydrogen) atoms. The zero-order chi connectivity index (χ0) is 15.5. The lowest BCUT2D eigenvalue weighted by atomic mass is 10.0. The van der Waals surface area contributed by atoms with Crippen LogP contribution in [0.25, 0.3) is 11.4 Å². The minimum absolute atomic E-state index is 0.490. The van der Waals surface area contributed by atoms with Gasteiger partial charge in [0.05, 0.1) is 5.02 Å². The van der Waals surface area contributed by atoms with Crippen LogP contribution in [0, 0.1) is 0 Å². The number of benzene rings is 2. The molecule has 0 saturated carbocycles. The van der Waals surface area contributed by atoms with Crippen LogP contribution in [-0.4, -0.2) is 15.1 Å². The molecule has 110 valence electrons. The number of rotatable bonds is 3. The smallest absolute Gasteiger partial charge is 0.160 e. The lowest BCUT2D eigenvalue weighted by Gasteiger charge is -2.11. The lowest BCUT2D eigenvalue weighted by Crippen LogP contribution is -2.01. The molecule has 0 amide bonds. The zero-order valence-electron chi connectivity index (χ0n) is 11.4. The van der Waals surface area contributed by atoms with Gasteiger partial charge in [0.15, 0.2) is 5.82 Å². The Morgan fingerprint density at radius 1 is 0.864 bits per heavy atom. The quantitative estimate of drug-likeness (QED) is 0.767. The highest BCUT2D eigenvalue weighted by molar-refractivity contribution is 6.36. The average Bonchev–Trinajstić information content (AvgIpc) is 2.55. The number of hydrogen-bond acceptors (Lipinski definition) is 3. The van der Waals surface area contributed by atoms with E-state index in [1.54, 1.807) is 30.6 Å². The van der Waals surface area contributed by atoms with Gasteiger partial charge < -0.3 is 5.11 Å². The fraction of sp³-hybridized carbons (Fsp3) is 0.0588. The van der Waals surface area contributed by atoms with Crippen molar-refractivity contribution in [2.45, 2.75) is 6.10 Å². The fourth-order valence-electron chi connectivity index (χ4n) is 2.12. The van der Waals surface area contributed by atoms with Crippen molar-refractivity contribution in [2.75, 3.05) is 0 Å². The van der Waals surface area contributed by atoms with Gasteiger partial charge in [-0.1, -0.05) is 53.5 Å². The van der Waals surface area contributed by atoms with E-state index in [9.17, 15) is 5.11 Å². The molecule has 0 aliphatic rings. The summed E-state index contributed by atoms with van der Waals surface area (Å²) >= 11 is 12.0. The molecule has 0 radical (unpaired) electrons. The SMILES string of the molecule is OC(c1ccccc1)c1cnc(-c2ccc(Cl)cc2Cl)nc1. The number of halogens is 2. The second kappa shape index (κ2) is 6.44. The van der Waals surface area contributed by atoms with Crippen LogP contribution in [0.5, 0.6) is 0 Å². The van der Waals surface area contributed by atoms with Crippen LogP contribution in [0.15, 0.2) is 60.9 Å². The maximum atomic E-state index is 10.3. The first-order valence-corrected chi connectivity index (χ1v) is 7.41. The highest BCUT2D eigenvalue weighted by Crippen LogP contribution is 2.28. The van der Waals surface area contributed by atoms with Gasteiger partial charge in [-0.3, -0.25) is 0 Å². The van der Waals surface area contributed by atoms with E-state index in [4.69, 9.17) is 23.2 Å². The molecule has 3 rings (SSSR count). The van der Waals surface area contributed by atoms with Gasteiger partial charge in [0.1, 0.15) is 6.10 Å². The van der Waals surface area contributed by atoms with E-state index in [2.05, 4.69) is 9.97 Å². The number of nitrogens with zero attached hydrogens (tertiary/aromatic N) is 2. The van der Waals surface area contributed by atoms with E-state index in [1.165, 1.54) is 0 Å². The first-order valence-electron chi connectivity index (χ1n) is 6.65. The van der Waals surface area contributed by atoms with Gasteiger partial charge >= 0.3 is 0 Å². The molecule has 1 unspecified atom stereocenters. The summed E-state index contributed by atoms with van der Waals surface area (Å²) in [6.45, 7) is 0. The summed E-state index contributed by atoms with van der Waals surface area (Å²) in [7, 11) is 0. The second-order valence-corrected chi connectivity index (χ2v) is 5.62. The Morgan fingerprint density at radius 3 is 2.18 bits per heavy atom. The summed E-state index contributed by atoms with van der Waals surface area (Å²) in [5.41, 5.74) is 2.12. The van der Waals surface area contributed by atoms with Gasteiger partial charge in [-0.05, 0) is 23.8 Å². The highest BCUT2D eigenvalue weighted by Gasteiger charge is 2.12. The Bertz CT molecular complexity index is 776. The Morgan fingerprint density at radius 2 is 1.55 bits per heavy atom. The molecule has 0 aliphatic heterocycles. The highest BCUT2D eigenvalue weighted by atomic mass is 35.5. The van der Waals surface area contributed by atoms with Crippen molar-refractivity contribution >= 4 is 23.2 Å². The van der Waals surface area contributed by atoms with Crippen LogP contribution in [0.3, 0.4) is 0 Å². The molecule has 3 nitrogen and oxygen atoms in total. The molecule has 1 heterocycles. The summed E-state index contributed by atoms with van der Waals surface area (Å²) in [6.07, 6.45) is 2.45. The Labute approximate surface area is 138 Å². The van der Waals surface area contributed by atoms with Crippen molar-refractivity contribution < 1.29 is 5.11 Å². The third-order valence-corrected chi connectivity index (χ3v) is 3.82. The first-order chi connectivity index (χ1) is 10.6. The van der Waals surface area contributed by atoms with E-state index < -0.39 is 6.10 Å². The van der Waals surface area contributed by atoms with Crippen molar-refractivity contribution in [1.29, 1.82) is 0 Å². The Hall–Kier alpha value is -1.94. The van der Waals surface area contributed by atoms with Crippen LogP contribution < -0.4 is 0 Å². The third kappa shape index (κ3) is 3.12. The monoisotopic (exact) mass is 330 g/mol. The lowest BCUT2D eigenvalue weighted by molar-refractivity contribution is 0.219. The van der Waals surface area contributed by atoms with E-state index in [1.807, 2.05) is 30.3 Å². The normalized spacial score (nSPS) is 12.1. The van der Waals surface area contributed by atoms with Crippen LogP contribution in [0.4, 0.5) is 0 Å². The molecule has 5 heteroatoms. The average molecular weight is 331 g/mol. The summed E-state index contributed by atoms with van der Waals surface area (Å²) in [6, 6.07) is 14.5.